The number of carbonyl (C=O) groups excluding carboxylic acids is 1. The average Bonchev–Trinajstić information content (AvgIpc) is 2.52. The first-order chi connectivity index (χ1) is 11.4. The number of carbonyl (C=O) groups is 1. The summed E-state index contributed by atoms with van der Waals surface area (Å²) < 4.78 is 28.2. The van der Waals surface area contributed by atoms with Gasteiger partial charge in [0, 0.05) is 12.1 Å². The average molecular weight is 386 g/mol. The first-order valence-corrected chi connectivity index (χ1v) is 10.8. The fourth-order valence-electron chi connectivity index (χ4n) is 2.27. The molecule has 0 unspecified atom stereocenters. The molecular formula is C18H36NNaO4S. The molecule has 0 heterocycles. The summed E-state index contributed by atoms with van der Waals surface area (Å²) in [6, 6.07) is 0. The van der Waals surface area contributed by atoms with E-state index >= 15 is 0 Å². The van der Waals surface area contributed by atoms with Crippen LogP contribution in [0.4, 0.5) is 0 Å². The van der Waals surface area contributed by atoms with Crippen LogP contribution in [0.2, 0.25) is 0 Å². The Morgan fingerprint density at radius 3 is 1.92 bits per heavy atom. The number of hydrogen-bond donors (Lipinski definition) is 1. The number of amides is 1. The Labute approximate surface area is 176 Å². The standard InChI is InChI=1S/C18H35NO4S.Na.H/c1-4-5-6-7-8-9-10-11-12-13-15-23-24(21,22)16-14-19-18(20)17(2)3;;/h2,4-16H2,1,3H3,(H,19,20);;. The molecular weight excluding hydrogens is 349 g/mol. The van der Waals surface area contributed by atoms with Crippen LogP contribution >= 0.6 is 0 Å². The van der Waals surface area contributed by atoms with Crippen LogP contribution < -0.4 is 5.32 Å². The van der Waals surface area contributed by atoms with E-state index in [9.17, 15) is 13.2 Å². The summed E-state index contributed by atoms with van der Waals surface area (Å²) in [5, 5.41) is 2.48. The molecule has 0 fully saturated rings. The van der Waals surface area contributed by atoms with Gasteiger partial charge in [0.2, 0.25) is 5.91 Å². The van der Waals surface area contributed by atoms with Gasteiger partial charge in [-0.05, 0) is 13.3 Å². The second-order valence-corrected chi connectivity index (χ2v) is 8.06. The van der Waals surface area contributed by atoms with Crippen LogP contribution in [-0.2, 0) is 19.1 Å². The van der Waals surface area contributed by atoms with E-state index in [1.807, 2.05) is 0 Å². The molecule has 0 bridgehead atoms. The van der Waals surface area contributed by atoms with Gasteiger partial charge in [0.15, 0.2) is 0 Å². The van der Waals surface area contributed by atoms with Crippen LogP contribution in [0.5, 0.6) is 0 Å². The topological polar surface area (TPSA) is 72.5 Å². The molecule has 1 amide bonds. The third-order valence-electron chi connectivity index (χ3n) is 3.79. The Bertz CT molecular complexity index is 452. The van der Waals surface area contributed by atoms with Gasteiger partial charge in [0.1, 0.15) is 0 Å². The Morgan fingerprint density at radius 1 is 0.960 bits per heavy atom. The Morgan fingerprint density at radius 2 is 1.44 bits per heavy atom. The van der Waals surface area contributed by atoms with Gasteiger partial charge in [-0.15, -0.1) is 0 Å². The predicted molar refractivity (Wildman–Crippen MR) is 107 cm³/mol. The molecule has 1 N–H and O–H groups in total. The minimum absolute atomic E-state index is 0. The molecule has 0 aromatic carbocycles. The van der Waals surface area contributed by atoms with Crippen molar-refractivity contribution in [2.45, 2.75) is 78.1 Å². The molecule has 0 rings (SSSR count). The second kappa shape index (κ2) is 17.5. The number of rotatable bonds is 16. The third-order valence-corrected chi connectivity index (χ3v) is 5.02. The summed E-state index contributed by atoms with van der Waals surface area (Å²) in [6.07, 6.45) is 12.0. The zero-order valence-corrected chi connectivity index (χ0v) is 16.3. The molecule has 144 valence electrons. The molecule has 0 aromatic heterocycles. The maximum absolute atomic E-state index is 11.6. The van der Waals surface area contributed by atoms with Gasteiger partial charge >= 0.3 is 29.6 Å². The van der Waals surface area contributed by atoms with Crippen molar-refractivity contribution in [3.63, 3.8) is 0 Å². The van der Waals surface area contributed by atoms with E-state index in [0.717, 1.165) is 19.3 Å². The van der Waals surface area contributed by atoms with Gasteiger partial charge in [-0.25, -0.2) is 0 Å². The Balaban J connectivity index is 0. The monoisotopic (exact) mass is 385 g/mol. The quantitative estimate of drug-likeness (QED) is 0.191. The molecule has 7 heteroatoms. The first-order valence-electron chi connectivity index (χ1n) is 9.20. The number of unbranched alkanes of at least 4 members (excludes halogenated alkanes) is 9. The maximum atomic E-state index is 11.6. The number of hydrogen-bond acceptors (Lipinski definition) is 4. The van der Waals surface area contributed by atoms with Crippen molar-refractivity contribution in [1.82, 2.24) is 5.32 Å². The van der Waals surface area contributed by atoms with E-state index in [0.29, 0.717) is 5.57 Å². The van der Waals surface area contributed by atoms with Crippen LogP contribution in [0.25, 0.3) is 0 Å². The summed E-state index contributed by atoms with van der Waals surface area (Å²) in [6.45, 7) is 7.56. The molecule has 25 heavy (non-hydrogen) atoms. The van der Waals surface area contributed by atoms with Crippen LogP contribution in [0.15, 0.2) is 12.2 Å². The van der Waals surface area contributed by atoms with Gasteiger partial charge < -0.3 is 5.32 Å². The Hall–Kier alpha value is 0.120. The third kappa shape index (κ3) is 18.7. The van der Waals surface area contributed by atoms with E-state index in [4.69, 9.17) is 4.18 Å². The Kier molecular flexibility index (Phi) is 19.2. The molecule has 5 nitrogen and oxygen atoms in total. The minimum atomic E-state index is -3.56. The fraction of sp³-hybridized carbons (Fsp3) is 0.833. The molecule has 0 aliphatic rings. The first kappa shape index (κ1) is 27.3. The van der Waals surface area contributed by atoms with Gasteiger partial charge in [-0.1, -0.05) is 71.3 Å². The van der Waals surface area contributed by atoms with Crippen LogP contribution in [0.1, 0.15) is 78.1 Å². The van der Waals surface area contributed by atoms with Crippen molar-refractivity contribution in [2.24, 2.45) is 0 Å². The van der Waals surface area contributed by atoms with Crippen molar-refractivity contribution >= 4 is 45.6 Å². The molecule has 0 atom stereocenters. The van der Waals surface area contributed by atoms with Crippen LogP contribution in [0, 0.1) is 0 Å². The summed E-state index contributed by atoms with van der Waals surface area (Å²) >= 11 is 0. The van der Waals surface area contributed by atoms with Crippen LogP contribution in [0.3, 0.4) is 0 Å². The summed E-state index contributed by atoms with van der Waals surface area (Å²) in [4.78, 5) is 11.2. The van der Waals surface area contributed by atoms with E-state index in [1.165, 1.54) is 44.9 Å². The molecule has 0 saturated carbocycles. The summed E-state index contributed by atoms with van der Waals surface area (Å²) in [5.74, 6) is -0.538. The van der Waals surface area contributed by atoms with Gasteiger partial charge in [0.05, 0.1) is 12.4 Å². The molecule has 0 aliphatic heterocycles. The SMILES string of the molecule is C=C(C)C(=O)NCCS(=O)(=O)OCCCCCCCCCCCC.[NaH]. The van der Waals surface area contributed by atoms with Gasteiger partial charge in [-0.3, -0.25) is 8.98 Å². The molecule has 0 radical (unpaired) electrons. The van der Waals surface area contributed by atoms with Crippen molar-refractivity contribution < 1.29 is 17.4 Å². The summed E-state index contributed by atoms with van der Waals surface area (Å²) in [5.41, 5.74) is 0.360. The van der Waals surface area contributed by atoms with E-state index in [1.54, 1.807) is 6.92 Å². The zero-order valence-electron chi connectivity index (χ0n) is 15.4. The zero-order chi connectivity index (χ0) is 18.3. The van der Waals surface area contributed by atoms with E-state index in [-0.39, 0.29) is 54.4 Å². The second-order valence-electron chi connectivity index (χ2n) is 6.30. The van der Waals surface area contributed by atoms with Crippen molar-refractivity contribution in [1.29, 1.82) is 0 Å². The van der Waals surface area contributed by atoms with E-state index < -0.39 is 10.1 Å². The normalized spacial score (nSPS) is 11.0. The van der Waals surface area contributed by atoms with Gasteiger partial charge in [0.25, 0.3) is 10.1 Å². The number of nitrogens with one attached hydrogen (secondary N) is 1. The van der Waals surface area contributed by atoms with Crippen LogP contribution in [-0.4, -0.2) is 62.8 Å². The molecule has 0 saturated heterocycles. The molecule has 0 aromatic rings. The van der Waals surface area contributed by atoms with Crippen molar-refractivity contribution in [2.75, 3.05) is 18.9 Å². The molecule has 0 aliphatic carbocycles. The molecule has 0 spiro atoms. The fourth-order valence-corrected chi connectivity index (χ4v) is 3.12. The van der Waals surface area contributed by atoms with Crippen molar-refractivity contribution in [3.05, 3.63) is 12.2 Å². The summed E-state index contributed by atoms with van der Waals surface area (Å²) in [7, 11) is -3.56. The van der Waals surface area contributed by atoms with Crippen molar-refractivity contribution in [3.8, 4) is 0 Å². The van der Waals surface area contributed by atoms with E-state index in [2.05, 4.69) is 18.8 Å². The predicted octanol–water partition coefficient (Wildman–Crippen LogP) is 3.30. The van der Waals surface area contributed by atoms with Gasteiger partial charge in [-0.2, -0.15) is 8.42 Å².